The Bertz CT molecular complexity index is 394. The Labute approximate surface area is 123 Å². The van der Waals surface area contributed by atoms with E-state index < -0.39 is 0 Å². The number of hydrogen-bond acceptors (Lipinski definition) is 4. The Balaban J connectivity index is 1.69. The van der Waals surface area contributed by atoms with Crippen molar-refractivity contribution in [2.24, 2.45) is 0 Å². The van der Waals surface area contributed by atoms with E-state index in [0.29, 0.717) is 0 Å². The Kier molecular flexibility index (Phi) is 5.94. The molecule has 0 bridgehead atoms. The minimum atomic E-state index is 0.867. The molecule has 0 spiro atoms. The van der Waals surface area contributed by atoms with Crippen molar-refractivity contribution in [2.45, 2.75) is 6.42 Å². The zero-order chi connectivity index (χ0) is 13.5. The number of rotatable bonds is 6. The molecule has 2 N–H and O–H groups in total. The van der Waals surface area contributed by atoms with Crippen molar-refractivity contribution in [1.29, 1.82) is 0 Å². The van der Waals surface area contributed by atoms with E-state index in [1.54, 1.807) is 7.11 Å². The topological polar surface area (TPSA) is 36.5 Å². The van der Waals surface area contributed by atoms with Crippen molar-refractivity contribution in [2.75, 3.05) is 51.7 Å². The molecular weight excluding hydrogens is 306 g/mol. The molecule has 0 unspecified atom stereocenters. The van der Waals surface area contributed by atoms with Gasteiger partial charge in [-0.1, -0.05) is 0 Å². The fraction of sp³-hybridized carbons (Fsp3) is 0.571. The third kappa shape index (κ3) is 4.67. The summed E-state index contributed by atoms with van der Waals surface area (Å²) in [5, 5.41) is 6.82. The molecule has 2 rings (SSSR count). The van der Waals surface area contributed by atoms with Gasteiger partial charge in [-0.3, -0.25) is 0 Å². The maximum absolute atomic E-state index is 5.22. The van der Waals surface area contributed by atoms with Gasteiger partial charge in [0.05, 0.1) is 11.6 Å². The molecule has 1 heterocycles. The first-order chi connectivity index (χ1) is 9.29. The number of halogens is 1. The molecule has 0 radical (unpaired) electrons. The van der Waals surface area contributed by atoms with Crippen LogP contribution < -0.4 is 15.4 Å². The monoisotopic (exact) mass is 327 g/mol. The van der Waals surface area contributed by atoms with E-state index >= 15 is 0 Å². The van der Waals surface area contributed by atoms with Crippen LogP contribution >= 0.6 is 15.9 Å². The molecule has 19 heavy (non-hydrogen) atoms. The molecular formula is C14H22BrN3O. The van der Waals surface area contributed by atoms with Crippen LogP contribution in [0.15, 0.2) is 22.7 Å². The van der Waals surface area contributed by atoms with Crippen LogP contribution in [0.3, 0.4) is 0 Å². The lowest BCUT2D eigenvalue weighted by Crippen LogP contribution is -2.44. The summed E-state index contributed by atoms with van der Waals surface area (Å²) in [6.45, 7) is 6.77. The molecule has 1 aromatic rings. The standard InChI is InChI=1S/C14H22BrN3O/c1-19-14-4-3-12(11-13(14)15)17-5-2-8-18-9-6-16-7-10-18/h3-4,11,16-17H,2,5-10H2,1H3. The van der Waals surface area contributed by atoms with Crippen LogP contribution in [0.2, 0.25) is 0 Å². The predicted octanol–water partition coefficient (Wildman–Crippen LogP) is 2.16. The van der Waals surface area contributed by atoms with Gasteiger partial charge in [0.2, 0.25) is 0 Å². The van der Waals surface area contributed by atoms with E-state index in [2.05, 4.69) is 43.6 Å². The first-order valence-corrected chi connectivity index (χ1v) is 7.59. The molecule has 0 aliphatic carbocycles. The first kappa shape index (κ1) is 14.6. The number of benzene rings is 1. The lowest BCUT2D eigenvalue weighted by atomic mass is 10.3. The molecule has 0 amide bonds. The normalized spacial score (nSPS) is 16.3. The van der Waals surface area contributed by atoms with Crippen LogP contribution in [0.5, 0.6) is 5.75 Å². The lowest BCUT2D eigenvalue weighted by molar-refractivity contribution is 0.240. The Morgan fingerprint density at radius 3 is 2.84 bits per heavy atom. The molecule has 0 saturated carbocycles. The van der Waals surface area contributed by atoms with Gasteiger partial charge in [0.25, 0.3) is 0 Å². The van der Waals surface area contributed by atoms with E-state index in [0.717, 1.165) is 35.5 Å². The van der Waals surface area contributed by atoms with Crippen LogP contribution in [0.1, 0.15) is 6.42 Å². The Morgan fingerprint density at radius 2 is 2.16 bits per heavy atom. The predicted molar refractivity (Wildman–Crippen MR) is 83.1 cm³/mol. The van der Waals surface area contributed by atoms with E-state index in [-0.39, 0.29) is 0 Å². The summed E-state index contributed by atoms with van der Waals surface area (Å²) in [7, 11) is 1.68. The third-order valence-electron chi connectivity index (χ3n) is 3.34. The number of methoxy groups -OCH3 is 1. The molecule has 1 saturated heterocycles. The third-order valence-corrected chi connectivity index (χ3v) is 3.96. The second-order valence-corrected chi connectivity index (χ2v) is 5.58. The van der Waals surface area contributed by atoms with Crippen molar-refractivity contribution in [3.8, 4) is 5.75 Å². The molecule has 1 fully saturated rings. The number of ether oxygens (including phenoxy) is 1. The number of nitrogens with one attached hydrogen (secondary N) is 2. The van der Waals surface area contributed by atoms with Gasteiger partial charge >= 0.3 is 0 Å². The Hall–Kier alpha value is -0.780. The minimum absolute atomic E-state index is 0.867. The molecule has 0 aromatic heterocycles. The van der Waals surface area contributed by atoms with Gasteiger partial charge in [-0.2, -0.15) is 0 Å². The second kappa shape index (κ2) is 7.72. The largest absolute Gasteiger partial charge is 0.496 e. The highest BCUT2D eigenvalue weighted by Crippen LogP contribution is 2.27. The molecule has 5 heteroatoms. The number of nitrogens with zero attached hydrogens (tertiary/aromatic N) is 1. The van der Waals surface area contributed by atoms with E-state index in [1.807, 2.05) is 6.07 Å². The quantitative estimate of drug-likeness (QED) is 0.785. The van der Waals surface area contributed by atoms with Crippen LogP contribution in [0, 0.1) is 0 Å². The van der Waals surface area contributed by atoms with E-state index in [1.165, 1.54) is 26.1 Å². The average Bonchev–Trinajstić information content (AvgIpc) is 2.45. The number of hydrogen-bond donors (Lipinski definition) is 2. The van der Waals surface area contributed by atoms with Gasteiger partial charge in [0.15, 0.2) is 0 Å². The zero-order valence-electron chi connectivity index (χ0n) is 11.4. The highest BCUT2D eigenvalue weighted by molar-refractivity contribution is 9.10. The smallest absolute Gasteiger partial charge is 0.133 e. The second-order valence-electron chi connectivity index (χ2n) is 4.72. The highest BCUT2D eigenvalue weighted by atomic mass is 79.9. The van der Waals surface area contributed by atoms with Gasteiger partial charge in [-0.05, 0) is 47.1 Å². The van der Waals surface area contributed by atoms with Crippen molar-refractivity contribution in [3.63, 3.8) is 0 Å². The average molecular weight is 328 g/mol. The summed E-state index contributed by atoms with van der Waals surface area (Å²) in [5.41, 5.74) is 1.13. The van der Waals surface area contributed by atoms with Gasteiger partial charge in [-0.25, -0.2) is 0 Å². The molecule has 0 atom stereocenters. The van der Waals surface area contributed by atoms with Crippen molar-refractivity contribution in [1.82, 2.24) is 10.2 Å². The van der Waals surface area contributed by atoms with Gasteiger partial charge in [0, 0.05) is 38.4 Å². The molecule has 1 aliphatic rings. The van der Waals surface area contributed by atoms with Gasteiger partial charge in [-0.15, -0.1) is 0 Å². The highest BCUT2D eigenvalue weighted by Gasteiger charge is 2.08. The fourth-order valence-electron chi connectivity index (χ4n) is 2.25. The zero-order valence-corrected chi connectivity index (χ0v) is 13.0. The van der Waals surface area contributed by atoms with Crippen molar-refractivity contribution >= 4 is 21.6 Å². The van der Waals surface area contributed by atoms with Gasteiger partial charge in [0.1, 0.15) is 5.75 Å². The molecule has 1 aliphatic heterocycles. The van der Waals surface area contributed by atoms with E-state index in [4.69, 9.17) is 4.74 Å². The number of piperazine rings is 1. The summed E-state index contributed by atoms with van der Waals surface area (Å²) < 4.78 is 6.21. The summed E-state index contributed by atoms with van der Waals surface area (Å²) in [4.78, 5) is 2.52. The summed E-state index contributed by atoms with van der Waals surface area (Å²) in [6, 6.07) is 6.08. The van der Waals surface area contributed by atoms with Crippen molar-refractivity contribution in [3.05, 3.63) is 22.7 Å². The molecule has 4 nitrogen and oxygen atoms in total. The first-order valence-electron chi connectivity index (χ1n) is 6.80. The summed E-state index contributed by atoms with van der Waals surface area (Å²) in [5.74, 6) is 0.867. The fourth-order valence-corrected chi connectivity index (χ4v) is 2.79. The van der Waals surface area contributed by atoms with E-state index in [9.17, 15) is 0 Å². The minimum Gasteiger partial charge on any atom is -0.496 e. The number of anilines is 1. The maximum Gasteiger partial charge on any atom is 0.133 e. The SMILES string of the molecule is COc1ccc(NCCCN2CCNCC2)cc1Br. The van der Waals surface area contributed by atoms with Crippen LogP contribution in [-0.2, 0) is 0 Å². The molecule has 106 valence electrons. The molecule has 1 aromatic carbocycles. The van der Waals surface area contributed by atoms with Crippen molar-refractivity contribution < 1.29 is 4.74 Å². The summed E-state index contributed by atoms with van der Waals surface area (Å²) >= 11 is 3.50. The Morgan fingerprint density at radius 1 is 1.37 bits per heavy atom. The summed E-state index contributed by atoms with van der Waals surface area (Å²) in [6.07, 6.45) is 1.17. The van der Waals surface area contributed by atoms with Gasteiger partial charge < -0.3 is 20.3 Å². The van der Waals surface area contributed by atoms with Crippen LogP contribution in [0.25, 0.3) is 0 Å². The van der Waals surface area contributed by atoms with Crippen LogP contribution in [-0.4, -0.2) is 51.3 Å². The lowest BCUT2D eigenvalue weighted by Gasteiger charge is -2.27. The van der Waals surface area contributed by atoms with Crippen LogP contribution in [0.4, 0.5) is 5.69 Å². The maximum atomic E-state index is 5.22.